The fraction of sp³-hybridized carbons (Fsp3) is 0.231. The minimum Gasteiger partial charge on any atom is -0.497 e. The molecule has 1 amide bonds. The molecule has 0 spiro atoms. The van der Waals surface area contributed by atoms with Crippen molar-refractivity contribution >= 4 is 17.3 Å². The summed E-state index contributed by atoms with van der Waals surface area (Å²) in [5.74, 6) is 0.678. The molecular weight excluding hydrogens is 262 g/mol. The van der Waals surface area contributed by atoms with Crippen LogP contribution in [0.2, 0.25) is 0 Å². The van der Waals surface area contributed by atoms with Crippen molar-refractivity contribution in [2.45, 2.75) is 6.61 Å². The Balaban J connectivity index is 2.10. The Hall–Kier alpha value is -2.54. The Bertz CT molecular complexity index is 609. The minimum atomic E-state index is -0.409. The lowest BCUT2D eigenvalue weighted by Crippen LogP contribution is -2.13. The number of hydrogen-bond acceptors (Lipinski definition) is 6. The van der Waals surface area contributed by atoms with Gasteiger partial charge in [0.05, 0.1) is 18.5 Å². The van der Waals surface area contributed by atoms with Crippen molar-refractivity contribution < 1.29 is 18.8 Å². The second-order valence-electron chi connectivity index (χ2n) is 4.02. The number of nitrogens with zero attached hydrogens (tertiary/aromatic N) is 1. The number of hydrogen-bond donors (Lipinski definition) is 2. The van der Waals surface area contributed by atoms with Crippen molar-refractivity contribution in [2.24, 2.45) is 0 Å². The second-order valence-corrected chi connectivity index (χ2v) is 4.02. The fourth-order valence-corrected chi connectivity index (χ4v) is 1.60. The van der Waals surface area contributed by atoms with Crippen LogP contribution in [0.4, 0.5) is 11.4 Å². The van der Waals surface area contributed by atoms with Crippen molar-refractivity contribution in [1.29, 1.82) is 0 Å². The van der Waals surface area contributed by atoms with E-state index in [1.54, 1.807) is 25.3 Å². The number of aromatic nitrogens is 1. The summed E-state index contributed by atoms with van der Waals surface area (Å²) in [7, 11) is 3.07. The van der Waals surface area contributed by atoms with Gasteiger partial charge in [0, 0.05) is 19.2 Å². The molecule has 1 aromatic carbocycles. The van der Waals surface area contributed by atoms with Gasteiger partial charge in [0.1, 0.15) is 12.4 Å². The van der Waals surface area contributed by atoms with E-state index < -0.39 is 5.91 Å². The van der Waals surface area contributed by atoms with Crippen LogP contribution < -0.4 is 15.8 Å². The largest absolute Gasteiger partial charge is 0.497 e. The van der Waals surface area contributed by atoms with Crippen LogP contribution in [0.15, 0.2) is 28.8 Å². The third kappa shape index (κ3) is 3.07. The topological polar surface area (TPSA) is 99.6 Å². The molecule has 0 radical (unpaired) electrons. The van der Waals surface area contributed by atoms with Gasteiger partial charge < -0.3 is 25.0 Å². The zero-order valence-electron chi connectivity index (χ0n) is 11.2. The quantitative estimate of drug-likeness (QED) is 0.806. The number of nitrogen functional groups attached to an aromatic ring is 1. The van der Waals surface area contributed by atoms with Crippen LogP contribution in [-0.4, -0.2) is 25.3 Å². The lowest BCUT2D eigenvalue weighted by molar-refractivity contribution is 0.101. The standard InChI is InChI=1S/C13H15N3O4/c1-18-7-9-6-12(16-20-9)13(17)15-11-4-3-8(19-2)5-10(11)14/h3-6H,7,14H2,1-2H3,(H,15,17). The molecule has 2 aromatic rings. The maximum absolute atomic E-state index is 12.0. The summed E-state index contributed by atoms with van der Waals surface area (Å²) in [6.07, 6.45) is 0. The minimum absolute atomic E-state index is 0.160. The van der Waals surface area contributed by atoms with Crippen molar-refractivity contribution in [3.63, 3.8) is 0 Å². The smallest absolute Gasteiger partial charge is 0.277 e. The molecule has 0 aliphatic heterocycles. The molecule has 7 heteroatoms. The molecule has 0 unspecified atom stereocenters. The van der Waals surface area contributed by atoms with Crippen molar-refractivity contribution in [3.05, 3.63) is 35.7 Å². The van der Waals surface area contributed by atoms with Crippen LogP contribution in [0, 0.1) is 0 Å². The molecule has 106 valence electrons. The van der Waals surface area contributed by atoms with Gasteiger partial charge in [0.2, 0.25) is 0 Å². The van der Waals surface area contributed by atoms with E-state index in [-0.39, 0.29) is 12.3 Å². The van der Waals surface area contributed by atoms with Gasteiger partial charge in [0.15, 0.2) is 11.5 Å². The molecule has 3 N–H and O–H groups in total. The Morgan fingerprint density at radius 1 is 1.40 bits per heavy atom. The van der Waals surface area contributed by atoms with E-state index in [2.05, 4.69) is 10.5 Å². The number of methoxy groups -OCH3 is 2. The van der Waals surface area contributed by atoms with Crippen molar-refractivity contribution in [3.8, 4) is 5.75 Å². The summed E-state index contributed by atoms with van der Waals surface area (Å²) in [5.41, 5.74) is 6.86. The number of carbonyl (C=O) groups excluding carboxylic acids is 1. The highest BCUT2D eigenvalue weighted by Crippen LogP contribution is 2.24. The molecule has 1 heterocycles. The molecule has 0 saturated carbocycles. The summed E-state index contributed by atoms with van der Waals surface area (Å²) >= 11 is 0. The summed E-state index contributed by atoms with van der Waals surface area (Å²) in [4.78, 5) is 12.0. The zero-order valence-corrected chi connectivity index (χ0v) is 11.2. The predicted molar refractivity (Wildman–Crippen MR) is 72.6 cm³/mol. The number of amides is 1. The highest BCUT2D eigenvalue weighted by atomic mass is 16.5. The SMILES string of the molecule is COCc1cc(C(=O)Nc2ccc(OC)cc2N)no1. The first kappa shape index (κ1) is 13.9. The van der Waals surface area contributed by atoms with Gasteiger partial charge >= 0.3 is 0 Å². The van der Waals surface area contributed by atoms with Gasteiger partial charge in [-0.25, -0.2) is 0 Å². The second kappa shape index (κ2) is 6.07. The van der Waals surface area contributed by atoms with E-state index in [9.17, 15) is 4.79 Å². The summed E-state index contributed by atoms with van der Waals surface area (Å²) in [6, 6.07) is 6.49. The molecule has 0 aliphatic rings. The van der Waals surface area contributed by atoms with Crippen molar-refractivity contribution in [1.82, 2.24) is 5.16 Å². The number of benzene rings is 1. The summed E-state index contributed by atoms with van der Waals surface area (Å²) in [6.45, 7) is 0.255. The normalized spacial score (nSPS) is 10.3. The molecule has 20 heavy (non-hydrogen) atoms. The molecule has 0 atom stereocenters. The number of rotatable bonds is 5. The van der Waals surface area contributed by atoms with Gasteiger partial charge in [-0.3, -0.25) is 4.79 Å². The van der Waals surface area contributed by atoms with Gasteiger partial charge in [-0.15, -0.1) is 0 Å². The molecule has 0 saturated heterocycles. The summed E-state index contributed by atoms with van der Waals surface area (Å²) in [5, 5.41) is 6.31. The highest BCUT2D eigenvalue weighted by Gasteiger charge is 2.14. The number of carbonyl (C=O) groups is 1. The van der Waals surface area contributed by atoms with E-state index in [0.29, 0.717) is 22.9 Å². The van der Waals surface area contributed by atoms with Gasteiger partial charge in [-0.2, -0.15) is 0 Å². The molecule has 0 bridgehead atoms. The number of anilines is 2. The number of nitrogens with one attached hydrogen (secondary N) is 1. The average Bonchev–Trinajstić information content (AvgIpc) is 2.90. The lowest BCUT2D eigenvalue weighted by Gasteiger charge is -2.08. The van der Waals surface area contributed by atoms with Crippen LogP contribution in [-0.2, 0) is 11.3 Å². The van der Waals surface area contributed by atoms with Crippen LogP contribution in [0.3, 0.4) is 0 Å². The predicted octanol–water partition coefficient (Wildman–Crippen LogP) is 1.66. The fourth-order valence-electron chi connectivity index (χ4n) is 1.60. The zero-order chi connectivity index (χ0) is 14.5. The first-order valence-electron chi connectivity index (χ1n) is 5.83. The van der Waals surface area contributed by atoms with Crippen molar-refractivity contribution in [2.75, 3.05) is 25.3 Å². The first-order valence-corrected chi connectivity index (χ1v) is 5.83. The molecule has 0 aliphatic carbocycles. The van der Waals surface area contributed by atoms with Crippen LogP contribution in [0.25, 0.3) is 0 Å². The van der Waals surface area contributed by atoms with Gasteiger partial charge in [0.25, 0.3) is 5.91 Å². The average molecular weight is 277 g/mol. The van der Waals surface area contributed by atoms with E-state index in [1.807, 2.05) is 0 Å². The Morgan fingerprint density at radius 3 is 2.85 bits per heavy atom. The monoisotopic (exact) mass is 277 g/mol. The van der Waals surface area contributed by atoms with E-state index >= 15 is 0 Å². The lowest BCUT2D eigenvalue weighted by atomic mass is 10.2. The van der Waals surface area contributed by atoms with E-state index in [4.69, 9.17) is 19.7 Å². The van der Waals surface area contributed by atoms with Crippen LogP contribution in [0.5, 0.6) is 5.75 Å². The molecule has 7 nitrogen and oxygen atoms in total. The van der Waals surface area contributed by atoms with Crippen LogP contribution >= 0.6 is 0 Å². The molecule has 0 fully saturated rings. The van der Waals surface area contributed by atoms with Crippen LogP contribution in [0.1, 0.15) is 16.2 Å². The Kier molecular flexibility index (Phi) is 4.21. The Morgan fingerprint density at radius 2 is 2.20 bits per heavy atom. The van der Waals surface area contributed by atoms with Gasteiger partial charge in [-0.05, 0) is 12.1 Å². The molecule has 1 aromatic heterocycles. The van der Waals surface area contributed by atoms with E-state index in [1.165, 1.54) is 13.2 Å². The molecule has 2 rings (SSSR count). The maximum atomic E-state index is 12.0. The number of nitrogens with two attached hydrogens (primary N) is 1. The van der Waals surface area contributed by atoms with E-state index in [0.717, 1.165) is 0 Å². The summed E-state index contributed by atoms with van der Waals surface area (Å²) < 4.78 is 14.9. The first-order chi connectivity index (χ1) is 9.63. The maximum Gasteiger partial charge on any atom is 0.277 e. The molecular formula is C13H15N3O4. The Labute approximate surface area is 115 Å². The highest BCUT2D eigenvalue weighted by molar-refractivity contribution is 6.04. The third-order valence-electron chi connectivity index (χ3n) is 2.59. The van der Waals surface area contributed by atoms with Gasteiger partial charge in [-0.1, -0.05) is 5.16 Å². The number of ether oxygens (including phenoxy) is 2. The third-order valence-corrected chi connectivity index (χ3v) is 2.59.